The summed E-state index contributed by atoms with van der Waals surface area (Å²) in [6, 6.07) is 35.8. The summed E-state index contributed by atoms with van der Waals surface area (Å²) >= 11 is 0. The molecule has 2 aliphatic heterocycles. The minimum absolute atomic E-state index is 0.507. The summed E-state index contributed by atoms with van der Waals surface area (Å²) in [5.41, 5.74) is 9.29. The van der Waals surface area contributed by atoms with E-state index in [1.807, 2.05) is 0 Å². The highest BCUT2D eigenvalue weighted by Crippen LogP contribution is 2.63. The Morgan fingerprint density at radius 1 is 0.426 bits per heavy atom. The van der Waals surface area contributed by atoms with E-state index in [9.17, 15) is 0 Å². The summed E-state index contributed by atoms with van der Waals surface area (Å²) in [7, 11) is -1.23. The first-order valence-corrected chi connectivity index (χ1v) is 16.9. The molecule has 5 aromatic rings. The number of rotatable bonds is 2. The van der Waals surface area contributed by atoms with E-state index < -0.39 is 42.1 Å². The molecule has 5 aromatic carbocycles. The van der Waals surface area contributed by atoms with Crippen molar-refractivity contribution >= 4 is 35.9 Å². The zero-order valence-corrected chi connectivity index (χ0v) is 28.5. The van der Waals surface area contributed by atoms with Gasteiger partial charge in [0, 0.05) is 0 Å². The van der Waals surface area contributed by atoms with E-state index in [0.717, 1.165) is 10.9 Å². The fourth-order valence-electron chi connectivity index (χ4n) is 8.45. The lowest BCUT2D eigenvalue weighted by Gasteiger charge is -2.34. The molecule has 2 heterocycles. The molecule has 2 saturated heterocycles. The van der Waals surface area contributed by atoms with Gasteiger partial charge in [0.25, 0.3) is 0 Å². The van der Waals surface area contributed by atoms with Crippen LogP contribution in [0.4, 0.5) is 0 Å². The molecule has 1 unspecified atom stereocenters. The summed E-state index contributed by atoms with van der Waals surface area (Å²) in [4.78, 5) is 0. The Balaban J connectivity index is 1.45. The van der Waals surface area contributed by atoms with Gasteiger partial charge in [-0.05, 0) is 122 Å². The normalized spacial score (nSPS) is 23.7. The molecule has 0 saturated carbocycles. The van der Waals surface area contributed by atoms with Crippen LogP contribution in [0.2, 0.25) is 0 Å². The first-order valence-electron chi connectivity index (χ1n) is 16.9. The average Bonchev–Trinajstić information content (AvgIpc) is 3.65. The van der Waals surface area contributed by atoms with Gasteiger partial charge in [0.1, 0.15) is 0 Å². The van der Waals surface area contributed by atoms with Crippen LogP contribution in [0.15, 0.2) is 97.1 Å². The minimum atomic E-state index is -0.638. The van der Waals surface area contributed by atoms with E-state index in [2.05, 4.69) is 152 Å². The van der Waals surface area contributed by atoms with Crippen LogP contribution in [0.5, 0.6) is 0 Å². The topological polar surface area (TPSA) is 36.9 Å². The first kappa shape index (κ1) is 29.5. The molecule has 4 aliphatic rings. The highest BCUT2D eigenvalue weighted by molar-refractivity contribution is 6.75. The second-order valence-corrected chi connectivity index (χ2v) is 15.7. The van der Waals surface area contributed by atoms with Crippen molar-refractivity contribution in [2.24, 2.45) is 0 Å². The molecular formula is C41H40B2O4. The van der Waals surface area contributed by atoms with Crippen LogP contribution < -0.4 is 10.9 Å². The molecule has 0 radical (unpaired) electrons. The summed E-state index contributed by atoms with van der Waals surface area (Å²) in [6.45, 7) is 17.0. The molecule has 0 aromatic heterocycles. The van der Waals surface area contributed by atoms with Crippen molar-refractivity contribution in [3.05, 3.63) is 119 Å². The Morgan fingerprint density at radius 2 is 0.894 bits per heavy atom. The Labute approximate surface area is 278 Å². The predicted octanol–water partition coefficient (Wildman–Crippen LogP) is 7.78. The van der Waals surface area contributed by atoms with Crippen molar-refractivity contribution in [3.8, 4) is 22.3 Å². The zero-order valence-electron chi connectivity index (χ0n) is 28.5. The standard InChI is InChI=1S/C41H40B2O4/c1-37(2)38(3,4)45-42(44-37)33-24-23-30-28-18-12-14-20-32(28)41(35(30)36(33)43-46-39(5,6)40(7,8)47-43)31-19-13-11-17-27(31)29-22-21-25-15-9-10-16-26(25)34(29)41/h9-24H,1-8H3. The molecule has 4 nitrogen and oxygen atoms in total. The van der Waals surface area contributed by atoms with Gasteiger partial charge in [-0.2, -0.15) is 0 Å². The van der Waals surface area contributed by atoms with Gasteiger partial charge < -0.3 is 18.6 Å². The fraction of sp³-hybridized carbons (Fsp3) is 0.317. The molecule has 47 heavy (non-hydrogen) atoms. The quantitative estimate of drug-likeness (QED) is 0.186. The van der Waals surface area contributed by atoms with Crippen molar-refractivity contribution in [2.45, 2.75) is 83.2 Å². The van der Waals surface area contributed by atoms with E-state index in [4.69, 9.17) is 18.6 Å². The van der Waals surface area contributed by atoms with Gasteiger partial charge in [0.15, 0.2) is 0 Å². The zero-order chi connectivity index (χ0) is 32.7. The first-order chi connectivity index (χ1) is 22.3. The van der Waals surface area contributed by atoms with Gasteiger partial charge in [0.05, 0.1) is 27.8 Å². The third-order valence-electron chi connectivity index (χ3n) is 12.2. The molecule has 1 spiro atoms. The van der Waals surface area contributed by atoms with Crippen molar-refractivity contribution in [3.63, 3.8) is 0 Å². The van der Waals surface area contributed by atoms with E-state index in [1.165, 1.54) is 55.3 Å². The van der Waals surface area contributed by atoms with E-state index in [-0.39, 0.29) is 0 Å². The minimum Gasteiger partial charge on any atom is -0.399 e. The van der Waals surface area contributed by atoms with Crippen LogP contribution in [0.3, 0.4) is 0 Å². The Bertz CT molecular complexity index is 2100. The van der Waals surface area contributed by atoms with E-state index in [1.54, 1.807) is 0 Å². The molecule has 2 fully saturated rings. The molecular weight excluding hydrogens is 578 g/mol. The molecule has 0 amide bonds. The molecule has 0 N–H and O–H groups in total. The van der Waals surface area contributed by atoms with Crippen LogP contribution in [-0.2, 0) is 24.0 Å². The summed E-state index contributed by atoms with van der Waals surface area (Å²) in [5.74, 6) is 0. The van der Waals surface area contributed by atoms with Crippen LogP contribution >= 0.6 is 0 Å². The number of benzene rings is 5. The summed E-state index contributed by atoms with van der Waals surface area (Å²) < 4.78 is 27.7. The van der Waals surface area contributed by atoms with Gasteiger partial charge >= 0.3 is 14.2 Å². The second kappa shape index (κ2) is 9.27. The van der Waals surface area contributed by atoms with Crippen LogP contribution in [0.25, 0.3) is 33.0 Å². The smallest absolute Gasteiger partial charge is 0.399 e. The highest BCUT2D eigenvalue weighted by atomic mass is 16.7. The summed E-state index contributed by atoms with van der Waals surface area (Å²) in [6.07, 6.45) is 0. The molecule has 9 rings (SSSR count). The molecule has 6 heteroatoms. The largest absolute Gasteiger partial charge is 0.494 e. The molecule has 234 valence electrons. The number of fused-ring (bicyclic) bond motifs is 12. The van der Waals surface area contributed by atoms with Crippen LogP contribution in [0.1, 0.15) is 77.6 Å². The molecule has 0 bridgehead atoms. The highest BCUT2D eigenvalue weighted by Gasteiger charge is 2.61. The number of hydrogen-bond donors (Lipinski definition) is 0. The van der Waals surface area contributed by atoms with E-state index in [0.29, 0.717) is 0 Å². The van der Waals surface area contributed by atoms with Gasteiger partial charge in [0.2, 0.25) is 0 Å². The lowest BCUT2D eigenvalue weighted by Crippen LogP contribution is -2.55. The fourth-order valence-corrected chi connectivity index (χ4v) is 8.45. The third-order valence-corrected chi connectivity index (χ3v) is 12.2. The Hall–Kier alpha value is -3.67. The maximum atomic E-state index is 7.01. The third kappa shape index (κ3) is 3.65. The van der Waals surface area contributed by atoms with Gasteiger partial charge in [-0.25, -0.2) is 0 Å². The Kier molecular flexibility index (Phi) is 5.81. The maximum absolute atomic E-state index is 7.01. The van der Waals surface area contributed by atoms with Crippen molar-refractivity contribution in [1.82, 2.24) is 0 Å². The summed E-state index contributed by atoms with van der Waals surface area (Å²) in [5, 5.41) is 2.48. The lowest BCUT2D eigenvalue weighted by atomic mass is 9.57. The second-order valence-electron chi connectivity index (χ2n) is 15.7. The maximum Gasteiger partial charge on any atom is 0.494 e. The predicted molar refractivity (Wildman–Crippen MR) is 192 cm³/mol. The number of hydrogen-bond acceptors (Lipinski definition) is 4. The monoisotopic (exact) mass is 618 g/mol. The van der Waals surface area contributed by atoms with Gasteiger partial charge in [-0.1, -0.05) is 97.1 Å². The van der Waals surface area contributed by atoms with Gasteiger partial charge in [-0.3, -0.25) is 0 Å². The molecule has 1 atom stereocenters. The molecule has 2 aliphatic carbocycles. The lowest BCUT2D eigenvalue weighted by molar-refractivity contribution is 0.00578. The van der Waals surface area contributed by atoms with Crippen LogP contribution in [0, 0.1) is 0 Å². The SMILES string of the molecule is CC1(C)OB(c2ccc3c(c2B2OC(C)(C)C(C)(C)O2)C2(c4ccccc4-3)c3ccccc3-c3ccc4ccccc4c32)OC1(C)C. The van der Waals surface area contributed by atoms with Crippen molar-refractivity contribution in [2.75, 3.05) is 0 Å². The van der Waals surface area contributed by atoms with E-state index >= 15 is 0 Å². The Morgan fingerprint density at radius 3 is 1.49 bits per heavy atom. The van der Waals surface area contributed by atoms with Crippen molar-refractivity contribution in [1.29, 1.82) is 0 Å². The van der Waals surface area contributed by atoms with Gasteiger partial charge in [-0.15, -0.1) is 0 Å². The van der Waals surface area contributed by atoms with Crippen molar-refractivity contribution < 1.29 is 18.6 Å². The van der Waals surface area contributed by atoms with Crippen LogP contribution in [-0.4, -0.2) is 36.6 Å². The average molecular weight is 618 g/mol.